The fraction of sp³-hybridized carbons (Fsp3) is 0.600. The summed E-state index contributed by atoms with van der Waals surface area (Å²) in [4.78, 5) is 20.5. The second-order valence-corrected chi connectivity index (χ2v) is 2.07. The first kappa shape index (κ1) is 7.01. The molecule has 1 aliphatic heterocycles. The van der Waals surface area contributed by atoms with E-state index in [9.17, 15) is 9.59 Å². The zero-order valence-electron chi connectivity index (χ0n) is 5.20. The molecule has 1 aliphatic rings. The van der Waals surface area contributed by atoms with E-state index in [-0.39, 0.29) is 12.5 Å². The largest absolute Gasteiger partial charge is 0.389 e. The van der Waals surface area contributed by atoms with E-state index >= 15 is 0 Å². The Morgan fingerprint density at radius 3 is 2.90 bits per heavy atom. The van der Waals surface area contributed by atoms with Gasteiger partial charge in [-0.3, -0.25) is 9.59 Å². The number of carbonyl (C=O) groups is 2. The number of carbonyl (C=O) groups excluding carboxylic acids is 2. The van der Waals surface area contributed by atoms with Gasteiger partial charge in [-0.25, -0.2) is 0 Å². The first-order valence-electron chi connectivity index (χ1n) is 2.91. The van der Waals surface area contributed by atoms with Crippen LogP contribution in [-0.2, 0) is 9.59 Å². The smallest absolute Gasteiger partial charge is 0.245 e. The van der Waals surface area contributed by atoms with E-state index in [2.05, 4.69) is 10.6 Å². The van der Waals surface area contributed by atoms with Crippen LogP contribution in [0.15, 0.2) is 0 Å². The van der Waals surface area contributed by atoms with E-state index in [4.69, 9.17) is 5.11 Å². The highest BCUT2D eigenvalue weighted by molar-refractivity contribution is 5.86. The second kappa shape index (κ2) is 2.66. The Balaban J connectivity index is 2.53. The Kier molecular flexibility index (Phi) is 1.86. The van der Waals surface area contributed by atoms with Gasteiger partial charge in [0.25, 0.3) is 0 Å². The van der Waals surface area contributed by atoms with Crippen molar-refractivity contribution >= 4 is 12.3 Å². The quantitative estimate of drug-likeness (QED) is 0.378. The number of aliphatic hydroxyl groups is 1. The molecule has 0 bridgehead atoms. The molecule has 1 rings (SSSR count). The van der Waals surface area contributed by atoms with Crippen LogP contribution < -0.4 is 10.6 Å². The zero-order valence-corrected chi connectivity index (χ0v) is 5.20. The Morgan fingerprint density at radius 2 is 2.50 bits per heavy atom. The number of aliphatic hydroxyl groups excluding tert-OH is 1. The first-order chi connectivity index (χ1) is 4.75. The van der Waals surface area contributed by atoms with Crippen LogP contribution in [0.5, 0.6) is 0 Å². The number of hydrogen-bond donors (Lipinski definition) is 3. The van der Waals surface area contributed by atoms with Gasteiger partial charge in [-0.15, -0.1) is 0 Å². The average Bonchev–Trinajstić information content (AvgIpc) is 2.20. The molecular weight excluding hydrogens is 136 g/mol. The molecule has 2 amide bonds. The van der Waals surface area contributed by atoms with E-state index in [1.807, 2.05) is 0 Å². The topological polar surface area (TPSA) is 78.4 Å². The Morgan fingerprint density at radius 1 is 1.80 bits per heavy atom. The summed E-state index contributed by atoms with van der Waals surface area (Å²) in [7, 11) is 0. The molecule has 2 atom stereocenters. The van der Waals surface area contributed by atoms with E-state index < -0.39 is 12.1 Å². The summed E-state index contributed by atoms with van der Waals surface area (Å²) in [5, 5.41) is 13.6. The van der Waals surface area contributed by atoms with E-state index in [0.717, 1.165) is 0 Å². The summed E-state index contributed by atoms with van der Waals surface area (Å²) in [6.45, 7) is 0.213. The molecule has 0 aromatic rings. The zero-order chi connectivity index (χ0) is 7.56. The highest BCUT2D eigenvalue weighted by Crippen LogP contribution is 1.98. The van der Waals surface area contributed by atoms with Crippen molar-refractivity contribution in [1.29, 1.82) is 0 Å². The van der Waals surface area contributed by atoms with Gasteiger partial charge in [0.1, 0.15) is 12.1 Å². The predicted molar refractivity (Wildman–Crippen MR) is 32.0 cm³/mol. The van der Waals surface area contributed by atoms with Crippen LogP contribution in [0.25, 0.3) is 0 Å². The monoisotopic (exact) mass is 144 g/mol. The summed E-state index contributed by atoms with van der Waals surface area (Å²) in [6, 6.07) is -0.766. The molecule has 0 radical (unpaired) electrons. The van der Waals surface area contributed by atoms with Gasteiger partial charge in [-0.05, 0) is 0 Å². The van der Waals surface area contributed by atoms with Gasteiger partial charge in [-0.2, -0.15) is 0 Å². The molecular formula is C5H8N2O3. The van der Waals surface area contributed by atoms with Crippen molar-refractivity contribution in [1.82, 2.24) is 10.6 Å². The van der Waals surface area contributed by atoms with Crippen LogP contribution >= 0.6 is 0 Å². The fourth-order valence-corrected chi connectivity index (χ4v) is 0.868. The maximum absolute atomic E-state index is 10.7. The van der Waals surface area contributed by atoms with Crippen molar-refractivity contribution in [3.63, 3.8) is 0 Å². The summed E-state index contributed by atoms with van der Waals surface area (Å²) in [5.74, 6) is -0.334. The molecule has 1 heterocycles. The van der Waals surface area contributed by atoms with Crippen molar-refractivity contribution in [2.24, 2.45) is 0 Å². The summed E-state index contributed by atoms with van der Waals surface area (Å²) in [5.41, 5.74) is 0. The van der Waals surface area contributed by atoms with Crippen LogP contribution in [0.2, 0.25) is 0 Å². The number of rotatable bonds is 2. The Labute approximate surface area is 57.4 Å². The van der Waals surface area contributed by atoms with E-state index in [1.54, 1.807) is 0 Å². The SMILES string of the molecule is O=CNC1C(=O)NCC1O. The van der Waals surface area contributed by atoms with Crippen LogP contribution in [0, 0.1) is 0 Å². The lowest BCUT2D eigenvalue weighted by molar-refractivity contribution is -0.124. The molecule has 3 N–H and O–H groups in total. The van der Waals surface area contributed by atoms with Gasteiger partial charge in [0, 0.05) is 6.54 Å². The molecule has 1 saturated heterocycles. The molecule has 0 aromatic carbocycles. The van der Waals surface area contributed by atoms with Crippen LogP contribution in [0.3, 0.4) is 0 Å². The lowest BCUT2D eigenvalue weighted by atomic mass is 10.2. The minimum Gasteiger partial charge on any atom is -0.389 e. The predicted octanol–water partition coefficient (Wildman–Crippen LogP) is -2.41. The minimum absolute atomic E-state index is 0.213. The normalized spacial score (nSPS) is 31.5. The second-order valence-electron chi connectivity index (χ2n) is 2.07. The van der Waals surface area contributed by atoms with Crippen molar-refractivity contribution < 1.29 is 14.7 Å². The van der Waals surface area contributed by atoms with Gasteiger partial charge < -0.3 is 15.7 Å². The molecule has 5 heteroatoms. The van der Waals surface area contributed by atoms with Gasteiger partial charge in [0.05, 0.1) is 0 Å². The summed E-state index contributed by atoms with van der Waals surface area (Å²) < 4.78 is 0. The maximum atomic E-state index is 10.7. The van der Waals surface area contributed by atoms with Crippen molar-refractivity contribution in [2.45, 2.75) is 12.1 Å². The highest BCUT2D eigenvalue weighted by atomic mass is 16.3. The fourth-order valence-electron chi connectivity index (χ4n) is 0.868. The maximum Gasteiger partial charge on any atom is 0.245 e. The summed E-state index contributed by atoms with van der Waals surface area (Å²) >= 11 is 0. The van der Waals surface area contributed by atoms with Crippen LogP contribution in [0.4, 0.5) is 0 Å². The van der Waals surface area contributed by atoms with E-state index in [1.165, 1.54) is 0 Å². The lowest BCUT2D eigenvalue weighted by Crippen LogP contribution is -2.41. The third kappa shape index (κ3) is 1.08. The van der Waals surface area contributed by atoms with Crippen LogP contribution in [-0.4, -0.2) is 36.1 Å². The molecule has 0 aliphatic carbocycles. The number of amides is 2. The third-order valence-corrected chi connectivity index (χ3v) is 1.40. The highest BCUT2D eigenvalue weighted by Gasteiger charge is 2.32. The van der Waals surface area contributed by atoms with Crippen molar-refractivity contribution in [3.8, 4) is 0 Å². The third-order valence-electron chi connectivity index (χ3n) is 1.40. The molecule has 0 aromatic heterocycles. The summed E-state index contributed by atoms with van der Waals surface area (Å²) in [6.07, 6.45) is -0.392. The van der Waals surface area contributed by atoms with Gasteiger partial charge in [-0.1, -0.05) is 0 Å². The minimum atomic E-state index is -0.794. The van der Waals surface area contributed by atoms with Crippen LogP contribution in [0.1, 0.15) is 0 Å². The molecule has 2 unspecified atom stereocenters. The number of nitrogens with one attached hydrogen (secondary N) is 2. The molecule has 0 saturated carbocycles. The van der Waals surface area contributed by atoms with Crippen molar-refractivity contribution in [2.75, 3.05) is 6.54 Å². The molecule has 56 valence electrons. The van der Waals surface area contributed by atoms with E-state index in [0.29, 0.717) is 6.41 Å². The molecule has 5 nitrogen and oxygen atoms in total. The Hall–Kier alpha value is -1.10. The lowest BCUT2D eigenvalue weighted by Gasteiger charge is -2.07. The molecule has 0 spiro atoms. The Bertz CT molecular complexity index is 159. The van der Waals surface area contributed by atoms with Gasteiger partial charge >= 0.3 is 0 Å². The average molecular weight is 144 g/mol. The number of β-amino-alcohol motifs (C(OH)–C–C–N with tert-alkyl or cyclic N) is 1. The van der Waals surface area contributed by atoms with Gasteiger partial charge in [0.15, 0.2) is 0 Å². The van der Waals surface area contributed by atoms with Crippen molar-refractivity contribution in [3.05, 3.63) is 0 Å². The molecule has 1 fully saturated rings. The standard InChI is InChI=1S/C5H8N2O3/c8-2-7-4-3(9)1-6-5(4)10/h2-4,9H,1H2,(H,6,10)(H,7,8). The van der Waals surface area contributed by atoms with Gasteiger partial charge in [0.2, 0.25) is 12.3 Å². The first-order valence-corrected chi connectivity index (χ1v) is 2.91. The number of hydrogen-bond acceptors (Lipinski definition) is 3. The molecule has 10 heavy (non-hydrogen) atoms.